The minimum atomic E-state index is -0.00299. The molecule has 0 radical (unpaired) electrons. The predicted octanol–water partition coefficient (Wildman–Crippen LogP) is 2.85. The van der Waals surface area contributed by atoms with E-state index in [2.05, 4.69) is 37.7 Å². The van der Waals surface area contributed by atoms with Gasteiger partial charge in [-0.15, -0.1) is 0 Å². The fraction of sp³-hybridized carbons (Fsp3) is 0.625. The van der Waals surface area contributed by atoms with Gasteiger partial charge >= 0.3 is 0 Å². The first-order chi connectivity index (χ1) is 9.83. The van der Waals surface area contributed by atoms with Crippen LogP contribution in [0.25, 0.3) is 0 Å². The molecular weight excluding hydrogens is 286 g/mol. The van der Waals surface area contributed by atoms with E-state index < -0.39 is 0 Å². The molecule has 0 aliphatic carbocycles. The highest BCUT2D eigenvalue weighted by Crippen LogP contribution is 2.21. The van der Waals surface area contributed by atoms with Crippen LogP contribution in [0.3, 0.4) is 0 Å². The number of likely N-dealkylation sites (N-methyl/N-ethyl adjacent to an activating group) is 1. The molecule has 0 saturated carbocycles. The Hall–Kier alpha value is -1.13. The SMILES string of the molecule is CCCc1cc(C(=O)N2CCN(C)C(C)(C)C2)cc(Cl)n1. The number of hydrogen-bond acceptors (Lipinski definition) is 3. The first kappa shape index (κ1) is 16.2. The summed E-state index contributed by atoms with van der Waals surface area (Å²) in [5.41, 5.74) is 1.54. The highest BCUT2D eigenvalue weighted by molar-refractivity contribution is 6.29. The molecule has 1 aromatic rings. The van der Waals surface area contributed by atoms with Crippen molar-refractivity contribution in [1.82, 2.24) is 14.8 Å². The van der Waals surface area contributed by atoms with Gasteiger partial charge in [-0.3, -0.25) is 9.69 Å². The molecule has 0 spiro atoms. The van der Waals surface area contributed by atoms with Gasteiger partial charge < -0.3 is 4.90 Å². The van der Waals surface area contributed by atoms with Crippen LogP contribution >= 0.6 is 11.6 Å². The number of aromatic nitrogens is 1. The van der Waals surface area contributed by atoms with Crippen LogP contribution in [0.2, 0.25) is 5.15 Å². The van der Waals surface area contributed by atoms with Gasteiger partial charge in [0.15, 0.2) is 0 Å². The topological polar surface area (TPSA) is 36.4 Å². The Balaban J connectivity index is 2.20. The second-order valence-corrected chi connectivity index (χ2v) is 6.77. The van der Waals surface area contributed by atoms with Crippen molar-refractivity contribution in [2.75, 3.05) is 26.7 Å². The Bertz CT molecular complexity index is 530. The van der Waals surface area contributed by atoms with Crippen LogP contribution in [0, 0.1) is 0 Å². The lowest BCUT2D eigenvalue weighted by Crippen LogP contribution is -2.58. The number of halogens is 1. The Kier molecular flexibility index (Phi) is 4.89. The van der Waals surface area contributed by atoms with Crippen molar-refractivity contribution in [3.8, 4) is 0 Å². The standard InChI is InChI=1S/C16H24ClN3O/c1-5-6-13-9-12(10-14(17)18-13)15(21)20-8-7-19(4)16(2,3)11-20/h9-10H,5-8,11H2,1-4H3. The van der Waals surface area contributed by atoms with Gasteiger partial charge in [-0.05, 0) is 39.4 Å². The molecule has 0 bridgehead atoms. The minimum absolute atomic E-state index is 0.00299. The lowest BCUT2D eigenvalue weighted by molar-refractivity contribution is 0.0311. The molecule has 1 saturated heterocycles. The minimum Gasteiger partial charge on any atom is -0.336 e. The summed E-state index contributed by atoms with van der Waals surface area (Å²) in [4.78, 5) is 21.2. The first-order valence-corrected chi connectivity index (χ1v) is 7.88. The van der Waals surface area contributed by atoms with Gasteiger partial charge in [0.1, 0.15) is 5.15 Å². The molecule has 2 heterocycles. The Labute approximate surface area is 132 Å². The smallest absolute Gasteiger partial charge is 0.254 e. The van der Waals surface area contributed by atoms with Gasteiger partial charge in [-0.2, -0.15) is 0 Å². The summed E-state index contributed by atoms with van der Waals surface area (Å²) in [7, 11) is 2.10. The number of hydrogen-bond donors (Lipinski definition) is 0. The summed E-state index contributed by atoms with van der Waals surface area (Å²) in [6.45, 7) is 8.78. The van der Waals surface area contributed by atoms with Gasteiger partial charge in [0, 0.05) is 36.4 Å². The molecule has 1 amide bonds. The number of nitrogens with zero attached hydrogens (tertiary/aromatic N) is 3. The third-order valence-electron chi connectivity index (χ3n) is 4.20. The summed E-state index contributed by atoms with van der Waals surface area (Å²) in [5, 5.41) is 0.401. The van der Waals surface area contributed by atoms with E-state index in [-0.39, 0.29) is 11.4 Å². The van der Waals surface area contributed by atoms with Crippen molar-refractivity contribution in [1.29, 1.82) is 0 Å². The lowest BCUT2D eigenvalue weighted by Gasteiger charge is -2.45. The number of carbonyl (C=O) groups excluding carboxylic acids is 1. The normalized spacial score (nSPS) is 18.8. The molecule has 1 aliphatic rings. The Morgan fingerprint density at radius 1 is 1.38 bits per heavy atom. The van der Waals surface area contributed by atoms with E-state index in [0.717, 1.165) is 38.2 Å². The quantitative estimate of drug-likeness (QED) is 0.806. The Morgan fingerprint density at radius 3 is 2.71 bits per heavy atom. The maximum absolute atomic E-state index is 12.7. The summed E-state index contributed by atoms with van der Waals surface area (Å²) in [5.74, 6) is 0.0535. The second-order valence-electron chi connectivity index (χ2n) is 6.38. The summed E-state index contributed by atoms with van der Waals surface area (Å²) < 4.78 is 0. The molecule has 0 atom stereocenters. The van der Waals surface area contributed by atoms with Gasteiger partial charge in [-0.1, -0.05) is 24.9 Å². The van der Waals surface area contributed by atoms with E-state index in [1.165, 1.54) is 0 Å². The van der Waals surface area contributed by atoms with Gasteiger partial charge in [0.25, 0.3) is 5.91 Å². The van der Waals surface area contributed by atoms with Crippen molar-refractivity contribution in [2.24, 2.45) is 0 Å². The number of pyridine rings is 1. The van der Waals surface area contributed by atoms with Crippen LogP contribution in [-0.4, -0.2) is 52.9 Å². The third kappa shape index (κ3) is 3.74. The van der Waals surface area contributed by atoms with Crippen molar-refractivity contribution in [3.63, 3.8) is 0 Å². The number of carbonyl (C=O) groups is 1. The molecular formula is C16H24ClN3O. The van der Waals surface area contributed by atoms with Crippen molar-refractivity contribution in [2.45, 2.75) is 39.2 Å². The molecule has 0 N–H and O–H groups in total. The Morgan fingerprint density at radius 2 is 2.10 bits per heavy atom. The van der Waals surface area contributed by atoms with Crippen LogP contribution < -0.4 is 0 Å². The molecule has 5 heteroatoms. The number of piperazine rings is 1. The summed E-state index contributed by atoms with van der Waals surface area (Å²) in [6.07, 6.45) is 1.83. The highest BCUT2D eigenvalue weighted by atomic mass is 35.5. The molecule has 2 rings (SSSR count). The van der Waals surface area contributed by atoms with Crippen molar-refractivity contribution in [3.05, 3.63) is 28.5 Å². The van der Waals surface area contributed by atoms with Crippen molar-refractivity contribution >= 4 is 17.5 Å². The molecule has 1 aromatic heterocycles. The number of aryl methyl sites for hydroxylation is 1. The molecule has 116 valence electrons. The second kappa shape index (κ2) is 6.32. The fourth-order valence-corrected chi connectivity index (χ4v) is 2.88. The average molecular weight is 310 g/mol. The summed E-state index contributed by atoms with van der Waals surface area (Å²) in [6, 6.07) is 3.55. The molecule has 4 nitrogen and oxygen atoms in total. The molecule has 0 unspecified atom stereocenters. The largest absolute Gasteiger partial charge is 0.336 e. The van der Waals surface area contributed by atoms with Gasteiger partial charge in [0.05, 0.1) is 0 Å². The third-order valence-corrected chi connectivity index (χ3v) is 4.40. The van der Waals surface area contributed by atoms with E-state index in [1.807, 2.05) is 11.0 Å². The summed E-state index contributed by atoms with van der Waals surface area (Å²) >= 11 is 6.06. The van der Waals surface area contributed by atoms with Crippen LogP contribution in [-0.2, 0) is 6.42 Å². The monoisotopic (exact) mass is 309 g/mol. The van der Waals surface area contributed by atoms with Gasteiger partial charge in [0.2, 0.25) is 0 Å². The van der Waals surface area contributed by atoms with Crippen LogP contribution in [0.1, 0.15) is 43.2 Å². The van der Waals surface area contributed by atoms with Crippen molar-refractivity contribution < 1.29 is 4.79 Å². The molecule has 1 fully saturated rings. The molecule has 1 aliphatic heterocycles. The number of rotatable bonds is 3. The predicted molar refractivity (Wildman–Crippen MR) is 85.9 cm³/mol. The van der Waals surface area contributed by atoms with E-state index in [4.69, 9.17) is 11.6 Å². The fourth-order valence-electron chi connectivity index (χ4n) is 2.66. The maximum Gasteiger partial charge on any atom is 0.254 e. The van der Waals surface area contributed by atoms with Crippen LogP contribution in [0.4, 0.5) is 0 Å². The van der Waals surface area contributed by atoms with E-state index in [9.17, 15) is 4.79 Å². The van der Waals surface area contributed by atoms with E-state index in [1.54, 1.807) is 6.07 Å². The maximum atomic E-state index is 12.7. The van der Waals surface area contributed by atoms with Crippen LogP contribution in [0.5, 0.6) is 0 Å². The lowest BCUT2D eigenvalue weighted by atomic mass is 9.99. The van der Waals surface area contributed by atoms with E-state index in [0.29, 0.717) is 10.7 Å². The van der Waals surface area contributed by atoms with Crippen LogP contribution in [0.15, 0.2) is 12.1 Å². The molecule has 0 aromatic carbocycles. The average Bonchev–Trinajstić information content (AvgIpc) is 2.40. The molecule has 21 heavy (non-hydrogen) atoms. The highest BCUT2D eigenvalue weighted by Gasteiger charge is 2.33. The first-order valence-electron chi connectivity index (χ1n) is 7.50. The number of amides is 1. The van der Waals surface area contributed by atoms with E-state index >= 15 is 0 Å². The zero-order valence-electron chi connectivity index (χ0n) is 13.3. The zero-order chi connectivity index (χ0) is 15.6. The van der Waals surface area contributed by atoms with Gasteiger partial charge in [-0.25, -0.2) is 4.98 Å². The zero-order valence-corrected chi connectivity index (χ0v) is 14.1.